The molecule has 0 bridgehead atoms. The lowest BCUT2D eigenvalue weighted by atomic mass is 9.85. The van der Waals surface area contributed by atoms with Crippen molar-refractivity contribution in [3.63, 3.8) is 0 Å². The van der Waals surface area contributed by atoms with Gasteiger partial charge in [0, 0.05) is 10.6 Å². The largest absolute Gasteiger partial charge is 0.497 e. The van der Waals surface area contributed by atoms with E-state index < -0.39 is 24.0 Å². The first-order valence-electron chi connectivity index (χ1n) is 12.3. The number of aryl methyl sites for hydroxylation is 1. The Labute approximate surface area is 224 Å². The van der Waals surface area contributed by atoms with Gasteiger partial charge >= 0.3 is 12.0 Å². The Kier molecular flexibility index (Phi) is 7.74. The van der Waals surface area contributed by atoms with E-state index >= 15 is 0 Å². The standard InChI is InChI=1S/C29H27N3O5S/c1-36-21-11-7-18(8-12-21)9-13-22-26(28(34)37-16-19-5-3-2-4-6-19)27(32-29(35)31-22)20-10-14-24-23(15-20)30-25(33)17-38-24/h2-8,10-12,14-15,26-27H,9,13,16-17H2,1H3,(H,30,33)(H,32,35). The minimum atomic E-state index is -0.820. The monoisotopic (exact) mass is 529 g/mol. The number of hydrogen-bond donors (Lipinski definition) is 2. The van der Waals surface area contributed by atoms with Crippen LogP contribution < -0.4 is 15.4 Å². The van der Waals surface area contributed by atoms with Crippen molar-refractivity contribution in [3.05, 3.63) is 89.5 Å². The van der Waals surface area contributed by atoms with E-state index in [1.54, 1.807) is 7.11 Å². The minimum absolute atomic E-state index is 0.0899. The zero-order valence-corrected chi connectivity index (χ0v) is 21.6. The highest BCUT2D eigenvalue weighted by Gasteiger charge is 2.40. The number of aliphatic imine (C=N–C) groups is 1. The number of esters is 1. The van der Waals surface area contributed by atoms with Crippen molar-refractivity contribution in [2.45, 2.75) is 30.4 Å². The summed E-state index contributed by atoms with van der Waals surface area (Å²) in [4.78, 5) is 43.4. The summed E-state index contributed by atoms with van der Waals surface area (Å²) in [5, 5.41) is 5.74. The Morgan fingerprint density at radius 3 is 2.55 bits per heavy atom. The molecule has 2 N–H and O–H groups in total. The zero-order chi connectivity index (χ0) is 26.5. The van der Waals surface area contributed by atoms with Gasteiger partial charge < -0.3 is 20.1 Å². The van der Waals surface area contributed by atoms with Crippen LogP contribution in [0.3, 0.4) is 0 Å². The van der Waals surface area contributed by atoms with Gasteiger partial charge in [0.2, 0.25) is 5.91 Å². The number of ether oxygens (including phenoxy) is 2. The molecule has 0 aliphatic carbocycles. The molecule has 2 unspecified atom stereocenters. The van der Waals surface area contributed by atoms with Crippen molar-refractivity contribution in [2.75, 3.05) is 18.2 Å². The minimum Gasteiger partial charge on any atom is -0.497 e. The topological polar surface area (TPSA) is 106 Å². The first-order chi connectivity index (χ1) is 18.5. The van der Waals surface area contributed by atoms with Crippen LogP contribution in [0.4, 0.5) is 10.5 Å². The number of benzene rings is 3. The molecule has 5 rings (SSSR count). The van der Waals surface area contributed by atoms with Crippen LogP contribution in [0.2, 0.25) is 0 Å². The number of nitrogens with one attached hydrogen (secondary N) is 2. The fourth-order valence-electron chi connectivity index (χ4n) is 4.58. The summed E-state index contributed by atoms with van der Waals surface area (Å²) in [7, 11) is 1.61. The predicted octanol–water partition coefficient (Wildman–Crippen LogP) is 4.94. The molecule has 3 aromatic rings. The second-order valence-corrected chi connectivity index (χ2v) is 10.1. The van der Waals surface area contributed by atoms with Crippen LogP contribution in [0.25, 0.3) is 0 Å². The molecule has 0 aromatic heterocycles. The molecule has 0 radical (unpaired) electrons. The van der Waals surface area contributed by atoms with E-state index in [1.165, 1.54) is 11.8 Å². The third-order valence-corrected chi connectivity index (χ3v) is 7.59. The van der Waals surface area contributed by atoms with Gasteiger partial charge in [0.25, 0.3) is 0 Å². The average molecular weight is 530 g/mol. The Bertz CT molecular complexity index is 1370. The smallest absolute Gasteiger partial charge is 0.341 e. The van der Waals surface area contributed by atoms with Crippen LogP contribution in [0.5, 0.6) is 5.75 Å². The number of amides is 3. The number of carbonyl (C=O) groups excluding carboxylic acids is 3. The van der Waals surface area contributed by atoms with E-state index in [1.807, 2.05) is 72.8 Å². The maximum Gasteiger partial charge on any atom is 0.341 e. The summed E-state index contributed by atoms with van der Waals surface area (Å²) in [6, 6.07) is 21.5. The van der Waals surface area contributed by atoms with E-state index in [-0.39, 0.29) is 12.5 Å². The van der Waals surface area contributed by atoms with Gasteiger partial charge in [0.15, 0.2) is 0 Å². The van der Waals surface area contributed by atoms with Gasteiger partial charge in [0.1, 0.15) is 18.3 Å². The number of nitrogens with zero attached hydrogens (tertiary/aromatic N) is 1. The van der Waals surface area contributed by atoms with Crippen LogP contribution in [0.15, 0.2) is 82.7 Å². The second kappa shape index (κ2) is 11.5. The molecule has 0 saturated carbocycles. The molecule has 0 spiro atoms. The number of anilines is 1. The van der Waals surface area contributed by atoms with E-state index in [2.05, 4.69) is 15.6 Å². The normalized spacial score (nSPS) is 18.5. The van der Waals surface area contributed by atoms with Gasteiger partial charge in [-0.1, -0.05) is 48.5 Å². The quantitative estimate of drug-likeness (QED) is 0.401. The van der Waals surface area contributed by atoms with Crippen molar-refractivity contribution in [2.24, 2.45) is 10.9 Å². The Morgan fingerprint density at radius 1 is 1.00 bits per heavy atom. The molecule has 2 aliphatic heterocycles. The molecule has 0 fully saturated rings. The van der Waals surface area contributed by atoms with E-state index in [9.17, 15) is 14.4 Å². The summed E-state index contributed by atoms with van der Waals surface area (Å²) < 4.78 is 11.0. The first-order valence-corrected chi connectivity index (χ1v) is 13.3. The number of hydrogen-bond acceptors (Lipinski definition) is 6. The van der Waals surface area contributed by atoms with Crippen molar-refractivity contribution >= 4 is 41.1 Å². The Morgan fingerprint density at radius 2 is 1.79 bits per heavy atom. The highest BCUT2D eigenvalue weighted by atomic mass is 32.2. The van der Waals surface area contributed by atoms with Crippen molar-refractivity contribution in [3.8, 4) is 5.75 Å². The summed E-state index contributed by atoms with van der Waals surface area (Å²) in [6.07, 6.45) is 0.987. The fourth-order valence-corrected chi connectivity index (χ4v) is 5.37. The van der Waals surface area contributed by atoms with Crippen molar-refractivity contribution in [1.82, 2.24) is 5.32 Å². The summed E-state index contributed by atoms with van der Waals surface area (Å²) in [6.45, 7) is 0.111. The number of methoxy groups -OCH3 is 1. The lowest BCUT2D eigenvalue weighted by Gasteiger charge is -2.32. The Balaban J connectivity index is 1.43. The van der Waals surface area contributed by atoms with Crippen LogP contribution >= 0.6 is 11.8 Å². The molecule has 2 heterocycles. The summed E-state index contributed by atoms with van der Waals surface area (Å²) in [5.41, 5.74) is 3.71. The first kappa shape index (κ1) is 25.5. The molecule has 3 aromatic carbocycles. The van der Waals surface area contributed by atoms with E-state index in [0.29, 0.717) is 35.6 Å². The fraction of sp³-hybridized carbons (Fsp3) is 0.241. The van der Waals surface area contributed by atoms with Crippen molar-refractivity contribution < 1.29 is 23.9 Å². The molecule has 3 amide bonds. The number of fused-ring (bicyclic) bond motifs is 1. The third-order valence-electron chi connectivity index (χ3n) is 6.52. The lowest BCUT2D eigenvalue weighted by Crippen LogP contribution is -2.45. The van der Waals surface area contributed by atoms with Gasteiger partial charge in [0.05, 0.1) is 24.6 Å². The van der Waals surface area contributed by atoms with Crippen LogP contribution in [-0.4, -0.2) is 36.5 Å². The van der Waals surface area contributed by atoms with Crippen LogP contribution in [0.1, 0.15) is 29.2 Å². The molecule has 2 atom stereocenters. The summed E-state index contributed by atoms with van der Waals surface area (Å²) in [5.74, 6) is -0.275. The van der Waals surface area contributed by atoms with Crippen LogP contribution in [0, 0.1) is 5.92 Å². The molecule has 9 heteroatoms. The molecule has 2 aliphatic rings. The zero-order valence-electron chi connectivity index (χ0n) is 20.8. The molecule has 0 saturated heterocycles. The van der Waals surface area contributed by atoms with Gasteiger partial charge in [-0.2, -0.15) is 0 Å². The highest BCUT2D eigenvalue weighted by molar-refractivity contribution is 8.00. The van der Waals surface area contributed by atoms with Gasteiger partial charge in [-0.3, -0.25) is 9.59 Å². The van der Waals surface area contributed by atoms with Gasteiger partial charge in [-0.05, 0) is 53.8 Å². The number of rotatable bonds is 8. The van der Waals surface area contributed by atoms with Crippen LogP contribution in [-0.2, 0) is 27.4 Å². The molecular formula is C29H27N3O5S. The van der Waals surface area contributed by atoms with Crippen molar-refractivity contribution in [1.29, 1.82) is 0 Å². The predicted molar refractivity (Wildman–Crippen MR) is 146 cm³/mol. The molecular weight excluding hydrogens is 502 g/mol. The maximum atomic E-state index is 13.6. The van der Waals surface area contributed by atoms with Gasteiger partial charge in [-0.25, -0.2) is 9.79 Å². The SMILES string of the molecule is COc1ccc(CCC2=NC(=O)NC(c3ccc4c(c3)NC(=O)CS4)C2C(=O)OCc2ccccc2)cc1. The Hall–Kier alpha value is -4.11. The van der Waals surface area contributed by atoms with E-state index in [4.69, 9.17) is 9.47 Å². The molecule has 8 nitrogen and oxygen atoms in total. The maximum absolute atomic E-state index is 13.6. The average Bonchev–Trinajstić information content (AvgIpc) is 2.95. The number of carbonyl (C=O) groups is 3. The molecule has 194 valence electrons. The summed E-state index contributed by atoms with van der Waals surface area (Å²) >= 11 is 1.45. The second-order valence-electron chi connectivity index (χ2n) is 9.04. The van der Waals surface area contributed by atoms with E-state index in [0.717, 1.165) is 21.8 Å². The lowest BCUT2D eigenvalue weighted by molar-refractivity contribution is -0.148. The van der Waals surface area contributed by atoms with Gasteiger partial charge in [-0.15, -0.1) is 11.8 Å². The highest BCUT2D eigenvalue weighted by Crippen LogP contribution is 2.37. The third kappa shape index (κ3) is 5.89. The number of thioether (sulfide) groups is 1. The molecule has 38 heavy (non-hydrogen) atoms. The number of urea groups is 1.